The van der Waals surface area contributed by atoms with Gasteiger partial charge in [-0.3, -0.25) is 0 Å². The minimum Gasteiger partial charge on any atom is -0.460 e. The van der Waals surface area contributed by atoms with E-state index < -0.39 is 0 Å². The molecule has 0 spiro atoms. The van der Waals surface area contributed by atoms with Gasteiger partial charge < -0.3 is 10.2 Å². The molecule has 0 unspecified atom stereocenters. The van der Waals surface area contributed by atoms with E-state index in [2.05, 4.69) is 10.2 Å². The van der Waals surface area contributed by atoms with Gasteiger partial charge in [0.25, 0.3) is 0 Å². The van der Waals surface area contributed by atoms with Crippen molar-refractivity contribution in [2.45, 2.75) is 13.8 Å². The van der Waals surface area contributed by atoms with Gasteiger partial charge in [0.1, 0.15) is 17.3 Å². The first-order chi connectivity index (χ1) is 6.66. The van der Waals surface area contributed by atoms with Gasteiger partial charge in [-0.1, -0.05) is 0 Å². The Labute approximate surface area is 81.8 Å². The van der Waals surface area contributed by atoms with E-state index in [0.717, 1.165) is 17.1 Å². The van der Waals surface area contributed by atoms with E-state index in [4.69, 9.17) is 10.2 Å². The van der Waals surface area contributed by atoms with Gasteiger partial charge in [0.2, 0.25) is 0 Å². The van der Waals surface area contributed by atoms with E-state index in [0.29, 0.717) is 11.5 Å². The number of anilines is 1. The second-order valence-corrected chi connectivity index (χ2v) is 3.21. The average Bonchev–Trinajstić information content (AvgIpc) is 2.57. The molecule has 0 atom stereocenters. The summed E-state index contributed by atoms with van der Waals surface area (Å²) < 4.78 is 5.42. The minimum absolute atomic E-state index is 0.456. The molecule has 4 heteroatoms. The summed E-state index contributed by atoms with van der Waals surface area (Å²) in [5.74, 6) is 2.03. The van der Waals surface area contributed by atoms with E-state index >= 15 is 0 Å². The summed E-state index contributed by atoms with van der Waals surface area (Å²) in [5, 5.41) is 7.79. The number of hydrogen-bond acceptors (Lipinski definition) is 4. The third-order valence-electron chi connectivity index (χ3n) is 2.02. The number of furan rings is 1. The summed E-state index contributed by atoms with van der Waals surface area (Å²) in [5.41, 5.74) is 7.19. The molecule has 0 aliphatic carbocycles. The van der Waals surface area contributed by atoms with Gasteiger partial charge in [-0.05, 0) is 37.6 Å². The van der Waals surface area contributed by atoms with Gasteiger partial charge in [-0.2, -0.15) is 0 Å². The van der Waals surface area contributed by atoms with Gasteiger partial charge in [0.05, 0.1) is 0 Å². The highest BCUT2D eigenvalue weighted by Gasteiger charge is 2.06. The summed E-state index contributed by atoms with van der Waals surface area (Å²) in [6.07, 6.45) is 0. The zero-order valence-corrected chi connectivity index (χ0v) is 8.11. The molecule has 2 aromatic heterocycles. The van der Waals surface area contributed by atoms with Crippen LogP contribution < -0.4 is 5.73 Å². The maximum atomic E-state index is 5.57. The highest BCUT2D eigenvalue weighted by atomic mass is 16.3. The summed E-state index contributed by atoms with van der Waals surface area (Å²) in [7, 11) is 0. The lowest BCUT2D eigenvalue weighted by molar-refractivity contribution is 0.545. The van der Waals surface area contributed by atoms with Gasteiger partial charge in [-0.25, -0.2) is 0 Å². The van der Waals surface area contributed by atoms with Crippen molar-refractivity contribution in [1.82, 2.24) is 10.2 Å². The Morgan fingerprint density at radius 1 is 1.21 bits per heavy atom. The Balaban J connectivity index is 2.47. The molecular formula is C10H11N3O. The maximum Gasteiger partial charge on any atom is 0.154 e. The standard InChI is InChI=1S/C10H11N3O/c1-6-5-8(12-13-10(6)11)9-4-3-7(2)14-9/h3-5H,1-2H3,(H2,11,13). The van der Waals surface area contributed by atoms with Crippen molar-refractivity contribution in [2.24, 2.45) is 0 Å². The maximum absolute atomic E-state index is 5.57. The molecule has 0 saturated heterocycles. The van der Waals surface area contributed by atoms with Crippen molar-refractivity contribution >= 4 is 5.82 Å². The quantitative estimate of drug-likeness (QED) is 0.744. The number of hydrogen-bond donors (Lipinski definition) is 1. The monoisotopic (exact) mass is 189 g/mol. The smallest absolute Gasteiger partial charge is 0.154 e. The van der Waals surface area contributed by atoms with Crippen molar-refractivity contribution in [3.8, 4) is 11.5 Å². The van der Waals surface area contributed by atoms with Crippen LogP contribution in [0.5, 0.6) is 0 Å². The first-order valence-electron chi connectivity index (χ1n) is 4.33. The zero-order valence-electron chi connectivity index (χ0n) is 8.11. The molecule has 2 rings (SSSR count). The van der Waals surface area contributed by atoms with Crippen molar-refractivity contribution in [3.05, 3.63) is 29.5 Å². The van der Waals surface area contributed by atoms with Crippen LogP contribution in [-0.4, -0.2) is 10.2 Å². The number of aromatic nitrogens is 2. The number of nitrogen functional groups attached to an aromatic ring is 1. The molecule has 2 heterocycles. The predicted octanol–water partition coefficient (Wildman–Crippen LogP) is 1.94. The van der Waals surface area contributed by atoms with Crippen LogP contribution in [0.2, 0.25) is 0 Å². The summed E-state index contributed by atoms with van der Waals surface area (Å²) >= 11 is 0. The lowest BCUT2D eigenvalue weighted by atomic mass is 10.2. The predicted molar refractivity (Wildman–Crippen MR) is 53.6 cm³/mol. The Hall–Kier alpha value is -1.84. The lowest BCUT2D eigenvalue weighted by Gasteiger charge is -1.99. The van der Waals surface area contributed by atoms with Gasteiger partial charge in [0.15, 0.2) is 5.76 Å². The summed E-state index contributed by atoms with van der Waals surface area (Å²) in [6, 6.07) is 5.62. The highest BCUT2D eigenvalue weighted by Crippen LogP contribution is 2.21. The molecule has 14 heavy (non-hydrogen) atoms. The lowest BCUT2D eigenvalue weighted by Crippen LogP contribution is -1.97. The average molecular weight is 189 g/mol. The van der Waals surface area contributed by atoms with Gasteiger partial charge in [-0.15, -0.1) is 10.2 Å². The Morgan fingerprint density at radius 2 is 2.00 bits per heavy atom. The molecule has 0 radical (unpaired) electrons. The molecule has 2 aromatic rings. The van der Waals surface area contributed by atoms with Crippen LogP contribution in [0.25, 0.3) is 11.5 Å². The van der Waals surface area contributed by atoms with E-state index in [1.807, 2.05) is 32.0 Å². The van der Waals surface area contributed by atoms with Crippen LogP contribution in [-0.2, 0) is 0 Å². The van der Waals surface area contributed by atoms with Gasteiger partial charge >= 0.3 is 0 Å². The molecular weight excluding hydrogens is 178 g/mol. The Kier molecular flexibility index (Phi) is 1.96. The molecule has 4 nitrogen and oxygen atoms in total. The largest absolute Gasteiger partial charge is 0.460 e. The van der Waals surface area contributed by atoms with Crippen molar-refractivity contribution in [3.63, 3.8) is 0 Å². The second-order valence-electron chi connectivity index (χ2n) is 3.21. The molecule has 0 bridgehead atoms. The molecule has 0 amide bonds. The number of rotatable bonds is 1. The number of aryl methyl sites for hydroxylation is 2. The van der Waals surface area contributed by atoms with Crippen LogP contribution in [0, 0.1) is 13.8 Å². The van der Waals surface area contributed by atoms with Crippen molar-refractivity contribution < 1.29 is 4.42 Å². The van der Waals surface area contributed by atoms with Crippen LogP contribution in [0.15, 0.2) is 22.6 Å². The third kappa shape index (κ3) is 1.46. The first-order valence-corrected chi connectivity index (χ1v) is 4.33. The van der Waals surface area contributed by atoms with Crippen molar-refractivity contribution in [2.75, 3.05) is 5.73 Å². The van der Waals surface area contributed by atoms with E-state index in [1.54, 1.807) is 0 Å². The molecule has 0 aliphatic rings. The molecule has 0 saturated carbocycles. The van der Waals surface area contributed by atoms with E-state index in [9.17, 15) is 0 Å². The first kappa shape index (κ1) is 8.74. The Bertz CT molecular complexity index is 462. The number of nitrogens with zero attached hydrogens (tertiary/aromatic N) is 2. The minimum atomic E-state index is 0.456. The topological polar surface area (TPSA) is 64.9 Å². The summed E-state index contributed by atoms with van der Waals surface area (Å²) in [4.78, 5) is 0. The van der Waals surface area contributed by atoms with Crippen LogP contribution in [0.4, 0.5) is 5.82 Å². The third-order valence-corrected chi connectivity index (χ3v) is 2.02. The fourth-order valence-electron chi connectivity index (χ4n) is 1.19. The normalized spacial score (nSPS) is 10.4. The fourth-order valence-corrected chi connectivity index (χ4v) is 1.19. The van der Waals surface area contributed by atoms with Gasteiger partial charge in [0, 0.05) is 0 Å². The fraction of sp³-hybridized carbons (Fsp3) is 0.200. The van der Waals surface area contributed by atoms with E-state index in [-0.39, 0.29) is 0 Å². The molecule has 0 aliphatic heterocycles. The molecule has 0 aromatic carbocycles. The SMILES string of the molecule is Cc1ccc(-c2cc(C)c(N)nn2)o1. The summed E-state index contributed by atoms with van der Waals surface area (Å²) in [6.45, 7) is 3.78. The highest BCUT2D eigenvalue weighted by molar-refractivity contribution is 5.55. The van der Waals surface area contributed by atoms with E-state index in [1.165, 1.54) is 0 Å². The van der Waals surface area contributed by atoms with Crippen LogP contribution in [0.3, 0.4) is 0 Å². The molecule has 2 N–H and O–H groups in total. The second kappa shape index (κ2) is 3.14. The van der Waals surface area contributed by atoms with Crippen LogP contribution in [0.1, 0.15) is 11.3 Å². The molecule has 72 valence electrons. The molecule has 0 fully saturated rings. The van der Waals surface area contributed by atoms with Crippen molar-refractivity contribution in [1.29, 1.82) is 0 Å². The number of nitrogens with two attached hydrogens (primary N) is 1. The zero-order chi connectivity index (χ0) is 10.1. The van der Waals surface area contributed by atoms with Crippen LogP contribution >= 0.6 is 0 Å². The Morgan fingerprint density at radius 3 is 2.57 bits per heavy atom.